The molecule has 1 fully saturated rings. The van der Waals surface area contributed by atoms with Crippen molar-refractivity contribution in [1.82, 2.24) is 15.5 Å². The van der Waals surface area contributed by atoms with Gasteiger partial charge in [0.2, 0.25) is 0 Å². The highest BCUT2D eigenvalue weighted by atomic mass is 16.1. The molecule has 1 aromatic rings. The van der Waals surface area contributed by atoms with Crippen molar-refractivity contribution in [3.63, 3.8) is 0 Å². The van der Waals surface area contributed by atoms with Crippen LogP contribution in [0, 0.1) is 0 Å². The van der Waals surface area contributed by atoms with Crippen LogP contribution in [0.3, 0.4) is 0 Å². The monoisotopic (exact) mass is 179 g/mol. The van der Waals surface area contributed by atoms with E-state index in [2.05, 4.69) is 15.5 Å². The Hall–Kier alpha value is -1.16. The summed E-state index contributed by atoms with van der Waals surface area (Å²) >= 11 is 0. The van der Waals surface area contributed by atoms with Crippen LogP contribution >= 0.6 is 0 Å². The summed E-state index contributed by atoms with van der Waals surface area (Å²) in [5.74, 6) is 0.464. The van der Waals surface area contributed by atoms with E-state index in [0.717, 1.165) is 25.2 Å². The number of aromatic amines is 1. The Bertz CT molecular complexity index is 307. The fraction of sp³-hybridized carbons (Fsp3) is 0.556. The molecule has 1 aliphatic rings. The first-order valence-corrected chi connectivity index (χ1v) is 4.62. The third kappa shape index (κ3) is 1.95. The molecule has 0 spiro atoms. The first kappa shape index (κ1) is 8.44. The van der Waals surface area contributed by atoms with Gasteiger partial charge in [-0.1, -0.05) is 0 Å². The van der Waals surface area contributed by atoms with Gasteiger partial charge in [0.1, 0.15) is 0 Å². The zero-order valence-electron chi connectivity index (χ0n) is 7.42. The van der Waals surface area contributed by atoms with Gasteiger partial charge in [0.25, 0.3) is 5.56 Å². The van der Waals surface area contributed by atoms with E-state index in [1.807, 2.05) is 6.07 Å². The fourth-order valence-corrected chi connectivity index (χ4v) is 1.69. The van der Waals surface area contributed by atoms with Crippen LogP contribution in [-0.2, 0) is 0 Å². The van der Waals surface area contributed by atoms with Gasteiger partial charge in [-0.15, -0.1) is 0 Å². The largest absolute Gasteiger partial charge is 0.316 e. The van der Waals surface area contributed by atoms with Crippen LogP contribution in [0.4, 0.5) is 0 Å². The number of H-pyrrole nitrogens is 1. The second kappa shape index (κ2) is 3.70. The van der Waals surface area contributed by atoms with Gasteiger partial charge < -0.3 is 5.32 Å². The molecule has 4 nitrogen and oxygen atoms in total. The minimum atomic E-state index is -0.132. The van der Waals surface area contributed by atoms with Crippen molar-refractivity contribution in [3.05, 3.63) is 28.2 Å². The summed E-state index contributed by atoms with van der Waals surface area (Å²) in [5.41, 5.74) is 0.860. The molecule has 0 radical (unpaired) electrons. The number of piperidine rings is 1. The number of hydrogen-bond donors (Lipinski definition) is 2. The van der Waals surface area contributed by atoms with Crippen molar-refractivity contribution in [2.75, 3.05) is 13.1 Å². The smallest absolute Gasteiger partial charge is 0.264 e. The molecule has 13 heavy (non-hydrogen) atoms. The van der Waals surface area contributed by atoms with Gasteiger partial charge in [0.15, 0.2) is 0 Å². The average molecular weight is 179 g/mol. The first-order valence-electron chi connectivity index (χ1n) is 4.62. The summed E-state index contributed by atoms with van der Waals surface area (Å²) < 4.78 is 0. The molecule has 1 atom stereocenters. The number of nitrogens with zero attached hydrogens (tertiary/aromatic N) is 1. The lowest BCUT2D eigenvalue weighted by Crippen LogP contribution is -2.29. The van der Waals surface area contributed by atoms with E-state index in [0.29, 0.717) is 5.92 Å². The highest BCUT2D eigenvalue weighted by Gasteiger charge is 2.15. The molecular weight excluding hydrogens is 166 g/mol. The molecule has 70 valence electrons. The van der Waals surface area contributed by atoms with Gasteiger partial charge in [-0.3, -0.25) is 4.79 Å². The van der Waals surface area contributed by atoms with E-state index >= 15 is 0 Å². The van der Waals surface area contributed by atoms with E-state index in [1.54, 1.807) is 0 Å². The Morgan fingerprint density at radius 2 is 2.38 bits per heavy atom. The molecule has 1 aliphatic heterocycles. The van der Waals surface area contributed by atoms with E-state index in [9.17, 15) is 4.79 Å². The maximum atomic E-state index is 10.8. The number of hydrogen-bond acceptors (Lipinski definition) is 3. The van der Waals surface area contributed by atoms with E-state index in [-0.39, 0.29) is 5.56 Å². The summed E-state index contributed by atoms with van der Waals surface area (Å²) in [6.07, 6.45) is 2.34. The van der Waals surface area contributed by atoms with Crippen LogP contribution in [0.5, 0.6) is 0 Å². The Balaban J connectivity index is 2.14. The van der Waals surface area contributed by atoms with Crippen LogP contribution in [0.1, 0.15) is 24.5 Å². The van der Waals surface area contributed by atoms with Crippen molar-refractivity contribution >= 4 is 0 Å². The summed E-state index contributed by atoms with van der Waals surface area (Å²) in [6.45, 7) is 2.07. The van der Waals surface area contributed by atoms with Crippen LogP contribution < -0.4 is 10.9 Å². The van der Waals surface area contributed by atoms with E-state index in [1.165, 1.54) is 12.5 Å². The fourth-order valence-electron chi connectivity index (χ4n) is 1.69. The maximum Gasteiger partial charge on any atom is 0.264 e. The number of rotatable bonds is 1. The van der Waals surface area contributed by atoms with Crippen LogP contribution in [0.2, 0.25) is 0 Å². The van der Waals surface area contributed by atoms with Crippen molar-refractivity contribution in [1.29, 1.82) is 0 Å². The highest BCUT2D eigenvalue weighted by Crippen LogP contribution is 2.19. The topological polar surface area (TPSA) is 57.8 Å². The molecule has 1 unspecified atom stereocenters. The zero-order chi connectivity index (χ0) is 9.10. The SMILES string of the molecule is O=c1ccc(C2CCCNC2)n[nH]1. The van der Waals surface area contributed by atoms with Gasteiger partial charge in [-0.05, 0) is 25.5 Å². The van der Waals surface area contributed by atoms with Crippen LogP contribution in [0.15, 0.2) is 16.9 Å². The van der Waals surface area contributed by atoms with Crippen molar-refractivity contribution in [3.8, 4) is 0 Å². The van der Waals surface area contributed by atoms with Gasteiger partial charge in [-0.2, -0.15) is 5.10 Å². The minimum absolute atomic E-state index is 0.132. The van der Waals surface area contributed by atoms with Crippen molar-refractivity contribution in [2.24, 2.45) is 0 Å². The number of aromatic nitrogens is 2. The lowest BCUT2D eigenvalue weighted by molar-refractivity contribution is 0.451. The third-order valence-corrected chi connectivity index (χ3v) is 2.42. The molecular formula is C9H13N3O. The quantitative estimate of drug-likeness (QED) is 0.649. The molecule has 1 saturated heterocycles. The van der Waals surface area contributed by atoms with Crippen molar-refractivity contribution < 1.29 is 0 Å². The molecule has 0 saturated carbocycles. The van der Waals surface area contributed by atoms with Gasteiger partial charge in [0.05, 0.1) is 5.69 Å². The molecule has 2 N–H and O–H groups in total. The zero-order valence-corrected chi connectivity index (χ0v) is 7.42. The molecule has 2 heterocycles. The summed E-state index contributed by atoms with van der Waals surface area (Å²) in [7, 11) is 0. The van der Waals surface area contributed by atoms with Gasteiger partial charge >= 0.3 is 0 Å². The first-order chi connectivity index (χ1) is 6.36. The highest BCUT2D eigenvalue weighted by molar-refractivity contribution is 5.07. The van der Waals surface area contributed by atoms with Gasteiger partial charge in [0, 0.05) is 18.5 Å². The summed E-state index contributed by atoms with van der Waals surface area (Å²) in [4.78, 5) is 10.8. The van der Waals surface area contributed by atoms with Crippen LogP contribution in [0.25, 0.3) is 0 Å². The molecule has 0 aliphatic carbocycles. The number of nitrogens with one attached hydrogen (secondary N) is 2. The molecule has 4 heteroatoms. The minimum Gasteiger partial charge on any atom is -0.316 e. The molecule has 1 aromatic heterocycles. The standard InChI is InChI=1S/C9H13N3O/c13-9-4-3-8(11-12-9)7-2-1-5-10-6-7/h3-4,7,10H,1-2,5-6H2,(H,12,13). The summed E-state index contributed by atoms with van der Waals surface area (Å²) in [5, 5.41) is 9.80. The Morgan fingerprint density at radius 3 is 3.00 bits per heavy atom. The molecule has 0 aromatic carbocycles. The second-order valence-corrected chi connectivity index (χ2v) is 3.39. The van der Waals surface area contributed by atoms with Crippen LogP contribution in [-0.4, -0.2) is 23.3 Å². The van der Waals surface area contributed by atoms with Crippen molar-refractivity contribution in [2.45, 2.75) is 18.8 Å². The average Bonchev–Trinajstić information content (AvgIpc) is 2.20. The predicted octanol–water partition coefficient (Wildman–Crippen LogP) is 0.237. The molecule has 2 rings (SSSR count). The van der Waals surface area contributed by atoms with E-state index in [4.69, 9.17) is 0 Å². The molecule has 0 amide bonds. The second-order valence-electron chi connectivity index (χ2n) is 3.39. The normalized spacial score (nSPS) is 22.9. The van der Waals surface area contributed by atoms with E-state index < -0.39 is 0 Å². The molecule has 0 bridgehead atoms. The summed E-state index contributed by atoms with van der Waals surface area (Å²) in [6, 6.07) is 3.35. The third-order valence-electron chi connectivity index (χ3n) is 2.42. The Labute approximate surface area is 76.4 Å². The lowest BCUT2D eigenvalue weighted by atomic mass is 9.96. The maximum absolute atomic E-state index is 10.8. The lowest BCUT2D eigenvalue weighted by Gasteiger charge is -2.21. The Kier molecular flexibility index (Phi) is 2.40. The Morgan fingerprint density at radius 1 is 1.46 bits per heavy atom. The van der Waals surface area contributed by atoms with Gasteiger partial charge in [-0.25, -0.2) is 5.10 Å². The predicted molar refractivity (Wildman–Crippen MR) is 49.7 cm³/mol.